The number of nitrogens with one attached hydrogen (secondary N) is 1. The summed E-state index contributed by atoms with van der Waals surface area (Å²) in [5.74, 6) is -0.265. The number of carboxylic acids is 1. The lowest BCUT2D eigenvalue weighted by molar-refractivity contribution is -0.139. The van der Waals surface area contributed by atoms with Crippen LogP contribution in [0, 0.1) is 0 Å². The molecule has 0 bridgehead atoms. The van der Waals surface area contributed by atoms with Gasteiger partial charge < -0.3 is 24.6 Å². The van der Waals surface area contributed by atoms with Crippen LogP contribution >= 0.6 is 0 Å². The molecule has 0 atom stereocenters. The first kappa shape index (κ1) is 19.1. The zero-order valence-corrected chi connectivity index (χ0v) is 14.8. The molecule has 2 N–H and O–H groups in total. The van der Waals surface area contributed by atoms with Gasteiger partial charge in [-0.15, -0.1) is 0 Å². The molecule has 7 heteroatoms. The normalized spacial score (nSPS) is 16.3. The lowest BCUT2D eigenvalue weighted by atomic mass is 9.86. The Bertz CT molecular complexity index is 622. The Balaban J connectivity index is 2.19. The van der Waals surface area contributed by atoms with Crippen molar-refractivity contribution in [3.63, 3.8) is 0 Å². The van der Waals surface area contributed by atoms with Crippen LogP contribution in [0.2, 0.25) is 0 Å². The largest absolute Gasteiger partial charge is 0.493 e. The SMILES string of the molecule is COc1cc(C(=O)NC2(CC(=O)O)CCOCC2)ccc1OC(C)C. The molecule has 138 valence electrons. The van der Waals surface area contributed by atoms with Crippen molar-refractivity contribution < 1.29 is 28.9 Å². The molecule has 0 aromatic heterocycles. The predicted octanol–water partition coefficient (Wildman–Crippen LogP) is 2.24. The number of carboxylic acid groups (broad SMARTS) is 1. The van der Waals surface area contributed by atoms with Crippen molar-refractivity contribution in [3.8, 4) is 11.5 Å². The lowest BCUT2D eigenvalue weighted by Gasteiger charge is -2.36. The molecule has 25 heavy (non-hydrogen) atoms. The maximum Gasteiger partial charge on any atom is 0.305 e. The third-order valence-corrected chi connectivity index (χ3v) is 4.11. The standard InChI is InChI=1S/C18H25NO6/c1-12(2)25-14-5-4-13(10-15(14)23-3)17(22)19-18(11-16(20)21)6-8-24-9-7-18/h4-5,10,12H,6-9,11H2,1-3H3,(H,19,22)(H,20,21). The summed E-state index contributed by atoms with van der Waals surface area (Å²) in [6, 6.07) is 4.92. The zero-order chi connectivity index (χ0) is 18.4. The van der Waals surface area contributed by atoms with E-state index in [-0.39, 0.29) is 18.4 Å². The van der Waals surface area contributed by atoms with Crippen LogP contribution in [-0.4, -0.2) is 48.9 Å². The number of ether oxygens (including phenoxy) is 3. The van der Waals surface area contributed by atoms with Gasteiger partial charge in [-0.1, -0.05) is 0 Å². The highest BCUT2D eigenvalue weighted by atomic mass is 16.5. The number of carbonyl (C=O) groups is 2. The molecule has 0 saturated carbocycles. The van der Waals surface area contributed by atoms with Crippen molar-refractivity contribution in [2.75, 3.05) is 20.3 Å². The number of amides is 1. The minimum Gasteiger partial charge on any atom is -0.493 e. The van der Waals surface area contributed by atoms with E-state index in [4.69, 9.17) is 14.2 Å². The molecule has 1 heterocycles. The van der Waals surface area contributed by atoms with Crippen LogP contribution in [-0.2, 0) is 9.53 Å². The van der Waals surface area contributed by atoms with Crippen molar-refractivity contribution in [1.82, 2.24) is 5.32 Å². The second-order valence-electron chi connectivity index (χ2n) is 6.45. The maximum absolute atomic E-state index is 12.7. The molecule has 1 fully saturated rings. The van der Waals surface area contributed by atoms with Crippen molar-refractivity contribution in [3.05, 3.63) is 23.8 Å². The van der Waals surface area contributed by atoms with E-state index in [2.05, 4.69) is 5.32 Å². The number of hydrogen-bond acceptors (Lipinski definition) is 5. The van der Waals surface area contributed by atoms with Gasteiger partial charge in [0.05, 0.1) is 25.2 Å². The molecular weight excluding hydrogens is 326 g/mol. The molecule has 1 aromatic rings. The van der Waals surface area contributed by atoms with E-state index < -0.39 is 11.5 Å². The fourth-order valence-electron chi connectivity index (χ4n) is 2.87. The average Bonchev–Trinajstić information content (AvgIpc) is 2.54. The fraction of sp³-hybridized carbons (Fsp3) is 0.556. The minimum absolute atomic E-state index is 0.0188. The summed E-state index contributed by atoms with van der Waals surface area (Å²) < 4.78 is 16.2. The summed E-state index contributed by atoms with van der Waals surface area (Å²) in [6.45, 7) is 4.66. The predicted molar refractivity (Wildman–Crippen MR) is 91.3 cm³/mol. The van der Waals surface area contributed by atoms with E-state index in [9.17, 15) is 14.7 Å². The summed E-state index contributed by atoms with van der Waals surface area (Å²) in [5.41, 5.74) is -0.397. The Labute approximate surface area is 147 Å². The van der Waals surface area contributed by atoms with Crippen LogP contribution in [0.15, 0.2) is 18.2 Å². The summed E-state index contributed by atoms with van der Waals surface area (Å²) in [5, 5.41) is 12.1. The van der Waals surface area contributed by atoms with Crippen LogP contribution in [0.25, 0.3) is 0 Å². The van der Waals surface area contributed by atoms with Crippen LogP contribution < -0.4 is 14.8 Å². The number of benzene rings is 1. The lowest BCUT2D eigenvalue weighted by Crippen LogP contribution is -2.53. The van der Waals surface area contributed by atoms with Gasteiger partial charge >= 0.3 is 5.97 Å². The van der Waals surface area contributed by atoms with Gasteiger partial charge in [0, 0.05) is 18.8 Å². The van der Waals surface area contributed by atoms with Gasteiger partial charge in [-0.2, -0.15) is 0 Å². The van der Waals surface area contributed by atoms with Gasteiger partial charge in [0.1, 0.15) is 0 Å². The van der Waals surface area contributed by atoms with E-state index >= 15 is 0 Å². The first-order valence-electron chi connectivity index (χ1n) is 8.32. The number of carbonyl (C=O) groups excluding carboxylic acids is 1. The Morgan fingerprint density at radius 3 is 2.52 bits per heavy atom. The van der Waals surface area contributed by atoms with Crippen molar-refractivity contribution in [2.24, 2.45) is 0 Å². The molecule has 1 saturated heterocycles. The summed E-state index contributed by atoms with van der Waals surface area (Å²) >= 11 is 0. The maximum atomic E-state index is 12.7. The van der Waals surface area contributed by atoms with Gasteiger partial charge in [0.15, 0.2) is 11.5 Å². The number of aliphatic carboxylic acids is 1. The fourth-order valence-corrected chi connectivity index (χ4v) is 2.87. The Morgan fingerprint density at radius 2 is 1.96 bits per heavy atom. The molecular formula is C18H25NO6. The Hall–Kier alpha value is -2.28. The van der Waals surface area contributed by atoms with Gasteiger partial charge in [-0.3, -0.25) is 9.59 Å². The Morgan fingerprint density at radius 1 is 1.28 bits per heavy atom. The van der Waals surface area contributed by atoms with Crippen LogP contribution in [0.5, 0.6) is 11.5 Å². The van der Waals surface area contributed by atoms with Gasteiger partial charge in [-0.05, 0) is 44.9 Å². The number of methoxy groups -OCH3 is 1. The monoisotopic (exact) mass is 351 g/mol. The molecule has 0 aliphatic carbocycles. The summed E-state index contributed by atoms with van der Waals surface area (Å²) in [4.78, 5) is 23.9. The molecule has 1 amide bonds. The topological polar surface area (TPSA) is 94.1 Å². The highest BCUT2D eigenvalue weighted by Crippen LogP contribution is 2.30. The van der Waals surface area contributed by atoms with E-state index in [0.29, 0.717) is 43.1 Å². The van der Waals surface area contributed by atoms with Gasteiger partial charge in [-0.25, -0.2) is 0 Å². The average molecular weight is 351 g/mol. The molecule has 2 rings (SSSR count). The van der Waals surface area contributed by atoms with E-state index in [1.54, 1.807) is 18.2 Å². The van der Waals surface area contributed by atoms with Gasteiger partial charge in [0.2, 0.25) is 0 Å². The zero-order valence-electron chi connectivity index (χ0n) is 14.8. The molecule has 0 unspecified atom stereocenters. The van der Waals surface area contributed by atoms with E-state index in [1.165, 1.54) is 7.11 Å². The summed E-state index contributed by atoms with van der Waals surface area (Å²) in [6.07, 6.45) is 0.788. The van der Waals surface area contributed by atoms with Crippen molar-refractivity contribution in [1.29, 1.82) is 0 Å². The van der Waals surface area contributed by atoms with Crippen LogP contribution in [0.4, 0.5) is 0 Å². The van der Waals surface area contributed by atoms with Crippen LogP contribution in [0.3, 0.4) is 0 Å². The van der Waals surface area contributed by atoms with Gasteiger partial charge in [0.25, 0.3) is 5.91 Å². The molecule has 0 radical (unpaired) electrons. The summed E-state index contributed by atoms with van der Waals surface area (Å²) in [7, 11) is 1.51. The second kappa shape index (κ2) is 8.20. The second-order valence-corrected chi connectivity index (χ2v) is 6.45. The van der Waals surface area contributed by atoms with E-state index in [0.717, 1.165) is 0 Å². The molecule has 7 nitrogen and oxygen atoms in total. The minimum atomic E-state index is -0.944. The number of rotatable bonds is 7. The smallest absolute Gasteiger partial charge is 0.305 e. The highest BCUT2D eigenvalue weighted by Gasteiger charge is 2.36. The van der Waals surface area contributed by atoms with E-state index in [1.807, 2.05) is 13.8 Å². The van der Waals surface area contributed by atoms with Crippen molar-refractivity contribution in [2.45, 2.75) is 44.8 Å². The Kier molecular flexibility index (Phi) is 6.25. The first-order chi connectivity index (χ1) is 11.8. The third-order valence-electron chi connectivity index (χ3n) is 4.11. The first-order valence-corrected chi connectivity index (χ1v) is 8.32. The van der Waals surface area contributed by atoms with Crippen molar-refractivity contribution >= 4 is 11.9 Å². The number of hydrogen-bond donors (Lipinski definition) is 2. The molecule has 1 aromatic carbocycles. The third kappa shape index (κ3) is 5.09. The quantitative estimate of drug-likeness (QED) is 0.782. The molecule has 1 aliphatic heterocycles. The molecule has 1 aliphatic rings. The molecule has 0 spiro atoms. The highest BCUT2D eigenvalue weighted by molar-refractivity contribution is 5.95. The van der Waals surface area contributed by atoms with Crippen LogP contribution in [0.1, 0.15) is 43.5 Å².